The van der Waals surface area contributed by atoms with Crippen molar-refractivity contribution in [3.8, 4) is 0 Å². The molecule has 1 aromatic rings. The number of nitrogens with zero attached hydrogens (tertiary/aromatic N) is 3. The van der Waals surface area contributed by atoms with E-state index in [1.165, 1.54) is 0 Å². The second kappa shape index (κ2) is 6.22. The van der Waals surface area contributed by atoms with Gasteiger partial charge in [0.1, 0.15) is 0 Å². The topological polar surface area (TPSA) is 56.2 Å². The Morgan fingerprint density at radius 3 is 2.87 bits per heavy atom. The number of rotatable bonds is 6. The maximum absolute atomic E-state index is 5.73. The number of hydrogen-bond donors (Lipinski definition) is 1. The van der Waals surface area contributed by atoms with Crippen molar-refractivity contribution in [2.24, 2.45) is 16.6 Å². The molecule has 0 atom stereocenters. The molecule has 84 valence electrons. The van der Waals surface area contributed by atoms with Crippen molar-refractivity contribution in [2.75, 3.05) is 6.54 Å². The lowest BCUT2D eigenvalue weighted by Crippen LogP contribution is -2.19. The van der Waals surface area contributed by atoms with Gasteiger partial charge in [0.25, 0.3) is 0 Å². The number of hydrogen-bond acceptors (Lipinski definition) is 2. The highest BCUT2D eigenvalue weighted by molar-refractivity contribution is 5.82. The lowest BCUT2D eigenvalue weighted by Gasteiger charge is -2.04. The number of imidazole rings is 1. The Labute approximate surface area is 91.2 Å². The molecule has 4 heteroatoms. The smallest absolute Gasteiger partial charge is 0.0962 e. The van der Waals surface area contributed by atoms with E-state index in [9.17, 15) is 0 Å². The van der Waals surface area contributed by atoms with Crippen LogP contribution >= 0.6 is 0 Å². The summed E-state index contributed by atoms with van der Waals surface area (Å²) in [6.07, 6.45) is 7.81. The molecule has 1 aromatic heterocycles. The molecule has 1 rings (SSSR count). The highest BCUT2D eigenvalue weighted by Gasteiger charge is 1.97. The Hall–Kier alpha value is -1.32. The van der Waals surface area contributed by atoms with Gasteiger partial charge in [0.2, 0.25) is 0 Å². The van der Waals surface area contributed by atoms with Gasteiger partial charge in [-0.2, -0.15) is 0 Å². The van der Waals surface area contributed by atoms with E-state index in [0.29, 0.717) is 5.92 Å². The highest BCUT2D eigenvalue weighted by atomic mass is 15.0. The van der Waals surface area contributed by atoms with Crippen molar-refractivity contribution < 1.29 is 0 Å². The second-order valence-corrected chi connectivity index (χ2v) is 3.97. The van der Waals surface area contributed by atoms with Crippen LogP contribution in [0.25, 0.3) is 0 Å². The maximum atomic E-state index is 5.73. The lowest BCUT2D eigenvalue weighted by atomic mass is 10.2. The van der Waals surface area contributed by atoms with Gasteiger partial charge in [-0.25, -0.2) is 4.98 Å². The quantitative estimate of drug-likeness (QED) is 0.439. The summed E-state index contributed by atoms with van der Waals surface area (Å²) in [7, 11) is 0. The van der Waals surface area contributed by atoms with E-state index < -0.39 is 0 Å². The van der Waals surface area contributed by atoms with Crippen molar-refractivity contribution in [1.82, 2.24) is 9.55 Å². The first kappa shape index (κ1) is 11.8. The van der Waals surface area contributed by atoms with Crippen LogP contribution in [-0.2, 0) is 6.54 Å². The highest BCUT2D eigenvalue weighted by Crippen LogP contribution is 1.97. The third kappa shape index (κ3) is 4.63. The van der Waals surface area contributed by atoms with Crippen molar-refractivity contribution >= 4 is 5.84 Å². The average Bonchev–Trinajstić information content (AvgIpc) is 2.69. The molecule has 15 heavy (non-hydrogen) atoms. The normalized spacial score (nSPS) is 12.3. The van der Waals surface area contributed by atoms with Crippen molar-refractivity contribution in [1.29, 1.82) is 0 Å². The molecule has 0 amide bonds. The largest absolute Gasteiger partial charge is 0.387 e. The standard InChI is InChI=1S/C11H20N4/c1-10(2)11(12)14-5-3-4-7-15-8-6-13-9-15/h6,8-10H,3-5,7H2,1-2H3,(H2,12,14). The predicted octanol–water partition coefficient (Wildman–Crippen LogP) is 1.68. The molecule has 2 N–H and O–H groups in total. The molecule has 4 nitrogen and oxygen atoms in total. The van der Waals surface area contributed by atoms with E-state index in [1.807, 2.05) is 12.5 Å². The van der Waals surface area contributed by atoms with Crippen LogP contribution in [0.4, 0.5) is 0 Å². The summed E-state index contributed by atoms with van der Waals surface area (Å²) in [5.41, 5.74) is 5.73. The van der Waals surface area contributed by atoms with Gasteiger partial charge in [0.15, 0.2) is 0 Å². The number of aryl methyl sites for hydroxylation is 1. The Kier molecular flexibility index (Phi) is 4.87. The number of aliphatic imine (C=N–C) groups is 1. The Morgan fingerprint density at radius 1 is 1.47 bits per heavy atom. The number of nitrogens with two attached hydrogens (primary N) is 1. The first-order chi connectivity index (χ1) is 7.20. The summed E-state index contributed by atoms with van der Waals surface area (Å²) >= 11 is 0. The van der Waals surface area contributed by atoms with Crippen LogP contribution in [0.2, 0.25) is 0 Å². The van der Waals surface area contributed by atoms with Crippen molar-refractivity contribution in [2.45, 2.75) is 33.2 Å². The van der Waals surface area contributed by atoms with Gasteiger partial charge in [-0.05, 0) is 12.8 Å². The molecule has 0 saturated heterocycles. The van der Waals surface area contributed by atoms with Crippen LogP contribution in [0, 0.1) is 5.92 Å². The monoisotopic (exact) mass is 208 g/mol. The van der Waals surface area contributed by atoms with Crippen LogP contribution in [-0.4, -0.2) is 21.9 Å². The van der Waals surface area contributed by atoms with E-state index in [0.717, 1.165) is 31.8 Å². The predicted molar refractivity (Wildman–Crippen MR) is 62.8 cm³/mol. The van der Waals surface area contributed by atoms with Crippen molar-refractivity contribution in [3.63, 3.8) is 0 Å². The summed E-state index contributed by atoms with van der Waals surface area (Å²) in [6, 6.07) is 0. The zero-order valence-corrected chi connectivity index (χ0v) is 9.56. The van der Waals surface area contributed by atoms with E-state index in [-0.39, 0.29) is 0 Å². The summed E-state index contributed by atoms with van der Waals surface area (Å²) < 4.78 is 2.08. The maximum Gasteiger partial charge on any atom is 0.0962 e. The Balaban J connectivity index is 2.10. The number of unbranched alkanes of at least 4 members (excludes halogenated alkanes) is 1. The SMILES string of the molecule is CC(C)C(N)=NCCCCn1ccnc1. The third-order valence-electron chi connectivity index (χ3n) is 2.27. The summed E-state index contributed by atoms with van der Waals surface area (Å²) in [4.78, 5) is 8.30. The molecule has 0 aliphatic rings. The van der Waals surface area contributed by atoms with E-state index in [1.54, 1.807) is 6.20 Å². The third-order valence-corrected chi connectivity index (χ3v) is 2.27. The van der Waals surface area contributed by atoms with Gasteiger partial charge in [0, 0.05) is 31.4 Å². The molecule has 0 fully saturated rings. The molecule has 0 aliphatic heterocycles. The molecular formula is C11H20N4. The van der Waals surface area contributed by atoms with Crippen LogP contribution < -0.4 is 5.73 Å². The van der Waals surface area contributed by atoms with Crippen LogP contribution in [0.1, 0.15) is 26.7 Å². The fraction of sp³-hybridized carbons (Fsp3) is 0.636. The summed E-state index contributed by atoms with van der Waals surface area (Å²) in [5.74, 6) is 1.12. The first-order valence-corrected chi connectivity index (χ1v) is 5.45. The molecule has 1 heterocycles. The Bertz CT molecular complexity index is 288. The molecule has 0 aromatic carbocycles. The fourth-order valence-corrected chi connectivity index (χ4v) is 1.22. The van der Waals surface area contributed by atoms with Gasteiger partial charge in [0.05, 0.1) is 12.2 Å². The zero-order valence-electron chi connectivity index (χ0n) is 9.56. The van der Waals surface area contributed by atoms with Gasteiger partial charge < -0.3 is 10.3 Å². The van der Waals surface area contributed by atoms with E-state index >= 15 is 0 Å². The summed E-state index contributed by atoms with van der Waals surface area (Å²) in [6.45, 7) is 5.96. The minimum absolute atomic E-state index is 0.360. The molecule has 0 saturated carbocycles. The van der Waals surface area contributed by atoms with Gasteiger partial charge in [-0.1, -0.05) is 13.8 Å². The molecule has 0 radical (unpaired) electrons. The van der Waals surface area contributed by atoms with Gasteiger partial charge in [-0.15, -0.1) is 0 Å². The molecule has 0 aliphatic carbocycles. The Morgan fingerprint density at radius 2 is 2.27 bits per heavy atom. The fourth-order valence-electron chi connectivity index (χ4n) is 1.22. The molecule has 0 bridgehead atoms. The first-order valence-electron chi connectivity index (χ1n) is 5.45. The minimum Gasteiger partial charge on any atom is -0.387 e. The lowest BCUT2D eigenvalue weighted by molar-refractivity contribution is 0.613. The van der Waals surface area contributed by atoms with Crippen LogP contribution in [0.5, 0.6) is 0 Å². The minimum atomic E-state index is 0.360. The summed E-state index contributed by atoms with van der Waals surface area (Å²) in [5, 5.41) is 0. The molecular weight excluding hydrogens is 188 g/mol. The van der Waals surface area contributed by atoms with E-state index in [2.05, 4.69) is 28.4 Å². The van der Waals surface area contributed by atoms with Crippen LogP contribution in [0.3, 0.4) is 0 Å². The second-order valence-electron chi connectivity index (χ2n) is 3.97. The number of aromatic nitrogens is 2. The zero-order chi connectivity index (χ0) is 11.1. The van der Waals surface area contributed by atoms with Gasteiger partial charge in [-0.3, -0.25) is 4.99 Å². The van der Waals surface area contributed by atoms with E-state index in [4.69, 9.17) is 5.73 Å². The average molecular weight is 208 g/mol. The van der Waals surface area contributed by atoms with Crippen molar-refractivity contribution in [3.05, 3.63) is 18.7 Å². The van der Waals surface area contributed by atoms with Crippen LogP contribution in [0.15, 0.2) is 23.7 Å². The molecule has 0 unspecified atom stereocenters. The van der Waals surface area contributed by atoms with Gasteiger partial charge >= 0.3 is 0 Å². The molecule has 0 spiro atoms. The number of amidine groups is 1.